The summed E-state index contributed by atoms with van der Waals surface area (Å²) in [5, 5.41) is 9.25. The minimum Gasteiger partial charge on any atom is -0.448 e. The molecule has 1 atom stereocenters. The largest absolute Gasteiger partial charge is 0.448 e. The van der Waals surface area contributed by atoms with Gasteiger partial charge in [-0.25, -0.2) is 9.78 Å². The lowest BCUT2D eigenvalue weighted by Crippen LogP contribution is -2.30. The summed E-state index contributed by atoms with van der Waals surface area (Å²) in [7, 11) is 0. The molecule has 5 nitrogen and oxygen atoms in total. The highest BCUT2D eigenvalue weighted by Crippen LogP contribution is 2.28. The zero-order valence-corrected chi connectivity index (χ0v) is 16.5. The molecule has 2 aromatic heterocycles. The summed E-state index contributed by atoms with van der Waals surface area (Å²) in [6.07, 6.45) is -0.939. The number of hydrogen-bond donors (Lipinski definition) is 1. The lowest BCUT2D eigenvalue weighted by Gasteiger charge is -2.13. The van der Waals surface area contributed by atoms with Crippen LogP contribution in [-0.2, 0) is 9.53 Å². The van der Waals surface area contributed by atoms with Gasteiger partial charge in [0.05, 0.1) is 4.88 Å². The zero-order valence-electron chi connectivity index (χ0n) is 14.9. The molecule has 4 aromatic rings. The third-order valence-corrected chi connectivity index (χ3v) is 6.00. The first-order valence-corrected chi connectivity index (χ1v) is 10.4. The average Bonchev–Trinajstić information content (AvgIpc) is 3.39. The fourth-order valence-corrected chi connectivity index (χ4v) is 4.27. The first-order chi connectivity index (χ1) is 13.6. The Balaban J connectivity index is 1.40. The molecule has 0 fully saturated rings. The standard InChI is InChI=1S/C21H16N2O3S2/c1-13(19(24)22-16-9-8-14-5-2-3-6-15(14)11-16)26-21(25)17-12-28-20(23-17)18-7-4-10-27-18/h2-13H,1H3,(H,22,24). The minimum atomic E-state index is -0.939. The summed E-state index contributed by atoms with van der Waals surface area (Å²) < 4.78 is 5.29. The van der Waals surface area contributed by atoms with E-state index in [0.717, 1.165) is 20.7 Å². The van der Waals surface area contributed by atoms with Gasteiger partial charge < -0.3 is 10.1 Å². The third kappa shape index (κ3) is 3.95. The van der Waals surface area contributed by atoms with E-state index in [1.54, 1.807) is 23.6 Å². The highest BCUT2D eigenvalue weighted by atomic mass is 32.1. The van der Waals surface area contributed by atoms with Crippen molar-refractivity contribution < 1.29 is 14.3 Å². The van der Waals surface area contributed by atoms with Crippen molar-refractivity contribution in [2.24, 2.45) is 0 Å². The van der Waals surface area contributed by atoms with E-state index in [9.17, 15) is 9.59 Å². The van der Waals surface area contributed by atoms with E-state index in [0.29, 0.717) is 5.69 Å². The number of esters is 1. The molecule has 1 N–H and O–H groups in total. The van der Waals surface area contributed by atoms with E-state index < -0.39 is 18.0 Å². The second-order valence-electron chi connectivity index (χ2n) is 6.11. The van der Waals surface area contributed by atoms with Crippen LogP contribution >= 0.6 is 22.7 Å². The van der Waals surface area contributed by atoms with E-state index in [1.807, 2.05) is 60.0 Å². The normalized spacial score (nSPS) is 11.9. The molecule has 2 heterocycles. The topological polar surface area (TPSA) is 68.3 Å². The second kappa shape index (κ2) is 7.92. The van der Waals surface area contributed by atoms with Gasteiger partial charge in [-0.1, -0.05) is 36.4 Å². The highest BCUT2D eigenvalue weighted by Gasteiger charge is 2.21. The molecule has 1 amide bonds. The van der Waals surface area contributed by atoms with Crippen molar-refractivity contribution in [3.8, 4) is 9.88 Å². The van der Waals surface area contributed by atoms with E-state index in [1.165, 1.54) is 11.3 Å². The number of carbonyl (C=O) groups is 2. The number of rotatable bonds is 5. The lowest BCUT2D eigenvalue weighted by molar-refractivity contribution is -0.123. The quantitative estimate of drug-likeness (QED) is 0.460. The van der Waals surface area contributed by atoms with Gasteiger partial charge in [0.25, 0.3) is 5.91 Å². The number of thiazole rings is 1. The molecule has 4 rings (SSSR count). The van der Waals surface area contributed by atoms with Crippen molar-refractivity contribution in [2.45, 2.75) is 13.0 Å². The van der Waals surface area contributed by atoms with Gasteiger partial charge in [-0.2, -0.15) is 0 Å². The van der Waals surface area contributed by atoms with Crippen molar-refractivity contribution >= 4 is 51.0 Å². The predicted molar refractivity (Wildman–Crippen MR) is 113 cm³/mol. The summed E-state index contributed by atoms with van der Waals surface area (Å²) in [5.74, 6) is -1.00. The molecule has 28 heavy (non-hydrogen) atoms. The molecule has 0 spiro atoms. The van der Waals surface area contributed by atoms with Crippen molar-refractivity contribution in [1.82, 2.24) is 4.98 Å². The van der Waals surface area contributed by atoms with Gasteiger partial charge in [0.2, 0.25) is 0 Å². The Hall–Kier alpha value is -3.03. The summed E-state index contributed by atoms with van der Waals surface area (Å²) in [4.78, 5) is 30.0. The van der Waals surface area contributed by atoms with Crippen molar-refractivity contribution in [1.29, 1.82) is 0 Å². The first-order valence-electron chi connectivity index (χ1n) is 8.60. The van der Waals surface area contributed by atoms with Gasteiger partial charge >= 0.3 is 5.97 Å². The maximum Gasteiger partial charge on any atom is 0.358 e. The maximum absolute atomic E-state index is 12.4. The number of nitrogens with zero attached hydrogens (tertiary/aromatic N) is 1. The lowest BCUT2D eigenvalue weighted by atomic mass is 10.1. The number of fused-ring (bicyclic) bond motifs is 1. The van der Waals surface area contributed by atoms with Crippen LogP contribution in [-0.4, -0.2) is 23.0 Å². The summed E-state index contributed by atoms with van der Waals surface area (Å²) in [6.45, 7) is 1.54. The first kappa shape index (κ1) is 18.3. The molecule has 2 aromatic carbocycles. The van der Waals surface area contributed by atoms with Gasteiger partial charge in [0, 0.05) is 11.1 Å². The number of benzene rings is 2. The molecule has 140 valence electrons. The van der Waals surface area contributed by atoms with Crippen molar-refractivity contribution in [2.75, 3.05) is 5.32 Å². The molecule has 0 saturated carbocycles. The number of hydrogen-bond acceptors (Lipinski definition) is 6. The number of anilines is 1. The fraction of sp³-hybridized carbons (Fsp3) is 0.0952. The van der Waals surface area contributed by atoms with Crippen molar-refractivity contribution in [3.63, 3.8) is 0 Å². The SMILES string of the molecule is CC(OC(=O)c1csc(-c2cccs2)n1)C(=O)Nc1ccc2ccccc2c1. The number of aromatic nitrogens is 1. The van der Waals surface area contributed by atoms with Gasteiger partial charge in [-0.05, 0) is 41.3 Å². The van der Waals surface area contributed by atoms with Crippen LogP contribution in [0.15, 0.2) is 65.4 Å². The zero-order chi connectivity index (χ0) is 19.5. The van der Waals surface area contributed by atoms with Crippen LogP contribution in [0.4, 0.5) is 5.69 Å². The second-order valence-corrected chi connectivity index (χ2v) is 7.92. The predicted octanol–water partition coefficient (Wildman–Crippen LogP) is 5.21. The molecular formula is C21H16N2O3S2. The average molecular weight is 409 g/mol. The molecule has 7 heteroatoms. The van der Waals surface area contributed by atoms with E-state index in [-0.39, 0.29) is 5.69 Å². The smallest absolute Gasteiger partial charge is 0.358 e. The van der Waals surface area contributed by atoms with Crippen LogP contribution < -0.4 is 5.32 Å². The van der Waals surface area contributed by atoms with Crippen LogP contribution in [0.3, 0.4) is 0 Å². The van der Waals surface area contributed by atoms with Crippen LogP contribution in [0.5, 0.6) is 0 Å². The molecule has 0 saturated heterocycles. The molecule has 0 aliphatic rings. The Bertz CT molecular complexity index is 1140. The summed E-state index contributed by atoms with van der Waals surface area (Å²) >= 11 is 2.93. The van der Waals surface area contributed by atoms with Gasteiger partial charge in [-0.15, -0.1) is 22.7 Å². The van der Waals surface area contributed by atoms with Crippen molar-refractivity contribution in [3.05, 3.63) is 71.1 Å². The Morgan fingerprint density at radius 3 is 2.64 bits per heavy atom. The number of nitrogens with one attached hydrogen (secondary N) is 1. The maximum atomic E-state index is 12.4. The Morgan fingerprint density at radius 1 is 1.04 bits per heavy atom. The molecular weight excluding hydrogens is 392 g/mol. The van der Waals surface area contributed by atoms with Gasteiger partial charge in [0.15, 0.2) is 11.8 Å². The van der Waals surface area contributed by atoms with Crippen LogP contribution in [0.2, 0.25) is 0 Å². The highest BCUT2D eigenvalue weighted by molar-refractivity contribution is 7.20. The monoisotopic (exact) mass is 408 g/mol. The number of amides is 1. The van der Waals surface area contributed by atoms with Crippen LogP contribution in [0, 0.1) is 0 Å². The minimum absolute atomic E-state index is 0.207. The summed E-state index contributed by atoms with van der Waals surface area (Å²) in [6, 6.07) is 17.4. The van der Waals surface area contributed by atoms with Crippen LogP contribution in [0.1, 0.15) is 17.4 Å². The molecule has 1 unspecified atom stereocenters. The van der Waals surface area contributed by atoms with E-state index >= 15 is 0 Å². The molecule has 0 radical (unpaired) electrons. The molecule has 0 bridgehead atoms. The summed E-state index contributed by atoms with van der Waals surface area (Å²) in [5.41, 5.74) is 0.860. The Labute approximate surface area is 169 Å². The molecule has 0 aliphatic carbocycles. The number of thiophene rings is 1. The van der Waals surface area contributed by atoms with Crippen LogP contribution in [0.25, 0.3) is 20.7 Å². The van der Waals surface area contributed by atoms with E-state index in [4.69, 9.17) is 4.74 Å². The van der Waals surface area contributed by atoms with Gasteiger partial charge in [-0.3, -0.25) is 4.79 Å². The number of ether oxygens (including phenoxy) is 1. The number of carbonyl (C=O) groups excluding carboxylic acids is 2. The Morgan fingerprint density at radius 2 is 1.86 bits per heavy atom. The Kier molecular flexibility index (Phi) is 5.18. The van der Waals surface area contributed by atoms with E-state index in [2.05, 4.69) is 10.3 Å². The third-order valence-electron chi connectivity index (χ3n) is 4.12. The fourth-order valence-electron chi connectivity index (χ4n) is 2.67. The van der Waals surface area contributed by atoms with Gasteiger partial charge in [0.1, 0.15) is 5.01 Å². The molecule has 0 aliphatic heterocycles.